The van der Waals surface area contributed by atoms with Crippen molar-refractivity contribution >= 4 is 40.7 Å². The van der Waals surface area contributed by atoms with E-state index in [1.807, 2.05) is 19.0 Å². The lowest BCUT2D eigenvalue weighted by Gasteiger charge is -2.17. The number of unbranched alkanes of at least 4 members (excludes halogenated alkanes) is 2. The van der Waals surface area contributed by atoms with E-state index in [4.69, 9.17) is 5.26 Å². The molecule has 41 heavy (non-hydrogen) atoms. The van der Waals surface area contributed by atoms with Crippen LogP contribution >= 0.6 is 15.9 Å². The first kappa shape index (κ1) is 42.7. The molecule has 10 heteroatoms. The summed E-state index contributed by atoms with van der Waals surface area (Å²) >= 11 is 3.26. The Labute approximate surface area is 257 Å². The van der Waals surface area contributed by atoms with Gasteiger partial charge in [0.05, 0.1) is 13.1 Å². The van der Waals surface area contributed by atoms with E-state index in [-0.39, 0.29) is 30.7 Å². The summed E-state index contributed by atoms with van der Waals surface area (Å²) in [4.78, 5) is 37.1. The molecular formula is C31H51BBrFN4O3. The molecule has 0 aliphatic carbocycles. The third-order valence-electron chi connectivity index (χ3n) is 5.14. The molecule has 7 nitrogen and oxygen atoms in total. The molecule has 1 aromatic rings. The highest BCUT2D eigenvalue weighted by Crippen LogP contribution is 2.16. The number of likely N-dealkylation sites (N-methyl/N-ethyl adjacent to an activating group) is 1. The maximum absolute atomic E-state index is 12.3. The minimum Gasteiger partial charge on any atom is -0.347 e. The number of nitriles is 1. The summed E-state index contributed by atoms with van der Waals surface area (Å²) in [7, 11) is 5.68. The summed E-state index contributed by atoms with van der Waals surface area (Å²) in [5, 5.41) is 11.3. The molecule has 0 radical (unpaired) electrons. The largest absolute Gasteiger partial charge is 0.347 e. The maximum atomic E-state index is 12.3. The monoisotopic (exact) mass is 636 g/mol. The van der Waals surface area contributed by atoms with Gasteiger partial charge in [-0.1, -0.05) is 55.7 Å². The van der Waals surface area contributed by atoms with Crippen LogP contribution in [0.25, 0.3) is 0 Å². The van der Waals surface area contributed by atoms with E-state index in [1.165, 1.54) is 43.5 Å². The van der Waals surface area contributed by atoms with Crippen molar-refractivity contribution in [3.8, 4) is 5.97 Å². The van der Waals surface area contributed by atoms with Crippen LogP contribution in [-0.4, -0.2) is 75.4 Å². The minimum atomic E-state index is -0.522. The van der Waals surface area contributed by atoms with E-state index >= 15 is 0 Å². The summed E-state index contributed by atoms with van der Waals surface area (Å²) in [6.07, 6.45) is 8.26. The molecule has 0 saturated carbocycles. The fourth-order valence-corrected chi connectivity index (χ4v) is 3.02. The standard InChI is InChI=1S/C12H18BN3O3.C8H17N.C7H6BrF.C4H10/c1-4-5-10(13(2)9-14)12(19)15-8-11(18)16(3)6-7-17;1-4-5-6-7-8-9(2)3;1-5-4-6(9)2-3-7(5)8;1-4(2)3/h4,7,10H,1,5-6,8H2,2-3H3,(H,15,19);4H,1,5-8H2,2-3H3;2-4H,1H3;4H,1-3H3. The Morgan fingerprint density at radius 3 is 2.17 bits per heavy atom. The molecule has 1 unspecified atom stereocenters. The van der Waals surface area contributed by atoms with Crippen LogP contribution in [0.5, 0.6) is 0 Å². The Morgan fingerprint density at radius 1 is 1.17 bits per heavy atom. The van der Waals surface area contributed by atoms with Crippen molar-refractivity contribution in [2.24, 2.45) is 5.92 Å². The Morgan fingerprint density at radius 2 is 1.76 bits per heavy atom. The number of hydrogen-bond donors (Lipinski definition) is 1. The lowest BCUT2D eigenvalue weighted by Crippen LogP contribution is -2.41. The predicted octanol–water partition coefficient (Wildman–Crippen LogP) is 6.36. The number of carbonyl (C=O) groups is 3. The highest BCUT2D eigenvalue weighted by Gasteiger charge is 2.27. The Balaban J connectivity index is -0.000000544. The van der Waals surface area contributed by atoms with Crippen molar-refractivity contribution in [1.82, 2.24) is 15.1 Å². The minimum absolute atomic E-state index is 0.0145. The van der Waals surface area contributed by atoms with Crippen LogP contribution in [0.4, 0.5) is 4.39 Å². The molecule has 1 rings (SSSR count). The van der Waals surface area contributed by atoms with Gasteiger partial charge >= 0.3 is 0 Å². The number of amides is 2. The maximum Gasteiger partial charge on any atom is 0.277 e. The number of carbonyl (C=O) groups excluding carboxylic acids is 3. The third kappa shape index (κ3) is 27.2. The number of nitrogens with one attached hydrogen (secondary N) is 1. The van der Waals surface area contributed by atoms with Gasteiger partial charge in [0, 0.05) is 23.3 Å². The Bertz CT molecular complexity index is 936. The van der Waals surface area contributed by atoms with Gasteiger partial charge in [0.2, 0.25) is 11.8 Å². The topological polar surface area (TPSA) is 93.5 Å². The first-order valence-corrected chi connectivity index (χ1v) is 14.6. The highest BCUT2D eigenvalue weighted by atomic mass is 79.9. The molecule has 1 atom stereocenters. The second-order valence-electron chi connectivity index (χ2n) is 10.4. The normalized spacial score (nSPS) is 10.2. The van der Waals surface area contributed by atoms with Gasteiger partial charge in [0.15, 0.2) is 0 Å². The summed E-state index contributed by atoms with van der Waals surface area (Å²) < 4.78 is 13.3. The SMILES string of the molecule is C=CCC(B(C)C#N)C(=O)NCC(=O)N(C)CC=O.C=CCCCCN(C)C.CC(C)C.Cc1cc(F)ccc1Br. The number of halogens is 2. The average molecular weight is 637 g/mol. The summed E-state index contributed by atoms with van der Waals surface area (Å²) in [6.45, 7) is 17.8. The molecule has 1 N–H and O–H groups in total. The molecule has 0 spiro atoms. The number of nitrogens with zero attached hydrogens (tertiary/aromatic N) is 3. The van der Waals surface area contributed by atoms with E-state index in [1.54, 1.807) is 19.0 Å². The molecule has 0 bridgehead atoms. The van der Waals surface area contributed by atoms with Crippen LogP contribution in [0.15, 0.2) is 48.0 Å². The van der Waals surface area contributed by atoms with Crippen LogP contribution in [0, 0.1) is 29.9 Å². The van der Waals surface area contributed by atoms with Crippen LogP contribution in [0.2, 0.25) is 12.6 Å². The van der Waals surface area contributed by atoms with Crippen molar-refractivity contribution in [3.63, 3.8) is 0 Å². The number of benzene rings is 1. The Kier molecular flexibility index (Phi) is 28.5. The van der Waals surface area contributed by atoms with Gasteiger partial charge in [0.25, 0.3) is 6.71 Å². The van der Waals surface area contributed by atoms with Gasteiger partial charge in [-0.05, 0) is 82.9 Å². The van der Waals surface area contributed by atoms with E-state index < -0.39 is 12.5 Å². The van der Waals surface area contributed by atoms with E-state index in [9.17, 15) is 18.8 Å². The van der Waals surface area contributed by atoms with Crippen LogP contribution in [-0.2, 0) is 14.4 Å². The van der Waals surface area contributed by atoms with E-state index in [2.05, 4.69) is 74.2 Å². The lowest BCUT2D eigenvalue weighted by atomic mass is 9.43. The van der Waals surface area contributed by atoms with Gasteiger partial charge in [0.1, 0.15) is 12.1 Å². The second kappa shape index (κ2) is 27.4. The zero-order valence-corrected chi connectivity index (χ0v) is 28.0. The predicted molar refractivity (Wildman–Crippen MR) is 174 cm³/mol. The fourth-order valence-electron chi connectivity index (χ4n) is 2.77. The van der Waals surface area contributed by atoms with Crippen molar-refractivity contribution in [3.05, 3.63) is 59.4 Å². The molecule has 0 aromatic heterocycles. The molecule has 1 aromatic carbocycles. The summed E-state index contributed by atoms with van der Waals surface area (Å²) in [5.41, 5.74) is 0.926. The van der Waals surface area contributed by atoms with Crippen molar-refractivity contribution in [2.75, 3.05) is 40.8 Å². The molecule has 230 valence electrons. The smallest absolute Gasteiger partial charge is 0.277 e. The number of allylic oxidation sites excluding steroid dienone is 2. The molecular weight excluding hydrogens is 586 g/mol. The van der Waals surface area contributed by atoms with Gasteiger partial charge in [-0.3, -0.25) is 9.59 Å². The molecule has 0 heterocycles. The van der Waals surface area contributed by atoms with Crippen LogP contribution < -0.4 is 5.32 Å². The fraction of sp³-hybridized carbons (Fsp3) is 0.548. The number of hydrogen-bond acceptors (Lipinski definition) is 5. The highest BCUT2D eigenvalue weighted by molar-refractivity contribution is 9.10. The number of rotatable bonds is 13. The summed E-state index contributed by atoms with van der Waals surface area (Å²) in [5.74, 6) is 1.42. The van der Waals surface area contributed by atoms with Crippen LogP contribution in [0.1, 0.15) is 52.0 Å². The molecule has 2 amide bonds. The van der Waals surface area contributed by atoms with E-state index in [0.29, 0.717) is 12.7 Å². The zero-order valence-electron chi connectivity index (χ0n) is 26.4. The zero-order chi connectivity index (χ0) is 32.4. The quantitative estimate of drug-likeness (QED) is 0.118. The first-order valence-electron chi connectivity index (χ1n) is 13.8. The van der Waals surface area contributed by atoms with Gasteiger partial charge in [-0.2, -0.15) is 0 Å². The molecule has 0 saturated heterocycles. The van der Waals surface area contributed by atoms with Crippen molar-refractivity contribution in [2.45, 2.75) is 66.0 Å². The van der Waals surface area contributed by atoms with Crippen molar-refractivity contribution < 1.29 is 18.8 Å². The molecule has 0 aliphatic rings. The second-order valence-corrected chi connectivity index (χ2v) is 11.3. The van der Waals surface area contributed by atoms with Gasteiger partial charge in [-0.25, -0.2) is 9.65 Å². The van der Waals surface area contributed by atoms with Crippen LogP contribution in [0.3, 0.4) is 0 Å². The molecule has 0 fully saturated rings. The van der Waals surface area contributed by atoms with Gasteiger partial charge < -0.3 is 19.9 Å². The lowest BCUT2D eigenvalue weighted by molar-refractivity contribution is -0.133. The molecule has 0 aliphatic heterocycles. The van der Waals surface area contributed by atoms with Crippen molar-refractivity contribution in [1.29, 1.82) is 5.26 Å². The third-order valence-corrected chi connectivity index (χ3v) is 6.03. The van der Waals surface area contributed by atoms with E-state index in [0.717, 1.165) is 22.4 Å². The Hall–Kier alpha value is -2.77. The average Bonchev–Trinajstić information content (AvgIpc) is 2.90. The number of aryl methyl sites for hydroxylation is 1. The summed E-state index contributed by atoms with van der Waals surface area (Å²) in [6, 6.07) is 4.62. The van der Waals surface area contributed by atoms with Gasteiger partial charge in [-0.15, -0.1) is 13.2 Å². The number of aldehydes is 1. The first-order chi connectivity index (χ1) is 19.2.